The second-order valence-electron chi connectivity index (χ2n) is 7.85. The van der Waals surface area contributed by atoms with Crippen molar-refractivity contribution in [2.24, 2.45) is 0 Å². The third-order valence-electron chi connectivity index (χ3n) is 5.33. The van der Waals surface area contributed by atoms with Gasteiger partial charge in [-0.15, -0.1) is 11.3 Å². The quantitative estimate of drug-likeness (QED) is 0.376. The number of thiophene rings is 1. The van der Waals surface area contributed by atoms with Crippen molar-refractivity contribution < 1.29 is 18.7 Å². The summed E-state index contributed by atoms with van der Waals surface area (Å²) in [5.74, 6) is -1.01. The van der Waals surface area contributed by atoms with Gasteiger partial charge in [-0.2, -0.15) is 0 Å². The lowest BCUT2D eigenvalue weighted by atomic mass is 10.1. The van der Waals surface area contributed by atoms with Gasteiger partial charge in [-0.05, 0) is 54.1 Å². The molecule has 0 N–H and O–H groups in total. The Morgan fingerprint density at radius 3 is 2.45 bits per heavy atom. The molecule has 0 aliphatic rings. The first-order valence-electron chi connectivity index (χ1n) is 10.9. The molecule has 1 heterocycles. The van der Waals surface area contributed by atoms with Gasteiger partial charge in [-0.3, -0.25) is 9.59 Å². The zero-order chi connectivity index (χ0) is 23.6. The molecule has 0 aliphatic carbocycles. The van der Waals surface area contributed by atoms with E-state index in [4.69, 9.17) is 4.74 Å². The van der Waals surface area contributed by atoms with Gasteiger partial charge in [0.1, 0.15) is 12.4 Å². The van der Waals surface area contributed by atoms with Crippen LogP contribution in [-0.4, -0.2) is 48.4 Å². The molecule has 5 nitrogen and oxygen atoms in total. The van der Waals surface area contributed by atoms with E-state index in [1.165, 1.54) is 23.1 Å². The zero-order valence-corrected chi connectivity index (χ0v) is 19.8. The van der Waals surface area contributed by atoms with Crippen LogP contribution in [0.2, 0.25) is 0 Å². The summed E-state index contributed by atoms with van der Waals surface area (Å²) >= 11 is 1.61. The number of nitrogens with zero attached hydrogens (tertiary/aromatic N) is 2. The van der Waals surface area contributed by atoms with Crippen molar-refractivity contribution in [3.63, 3.8) is 0 Å². The summed E-state index contributed by atoms with van der Waals surface area (Å²) in [6.45, 7) is 3.65. The average molecular weight is 469 g/mol. The molecule has 174 valence electrons. The van der Waals surface area contributed by atoms with E-state index in [0.29, 0.717) is 32.7 Å². The van der Waals surface area contributed by atoms with Crippen molar-refractivity contribution in [3.8, 4) is 0 Å². The van der Waals surface area contributed by atoms with Crippen molar-refractivity contribution in [1.29, 1.82) is 0 Å². The zero-order valence-electron chi connectivity index (χ0n) is 19.0. The largest absolute Gasteiger partial charge is 0.385 e. The first kappa shape index (κ1) is 24.6. The highest BCUT2D eigenvalue weighted by Gasteiger charge is 2.23. The molecule has 3 aromatic rings. The summed E-state index contributed by atoms with van der Waals surface area (Å²) < 4.78 is 18.8. The van der Waals surface area contributed by atoms with Crippen LogP contribution < -0.4 is 0 Å². The number of aryl methyl sites for hydroxylation is 1. The lowest BCUT2D eigenvalue weighted by Gasteiger charge is -2.28. The number of carbonyl (C=O) groups is 2. The molecule has 3 rings (SSSR count). The molecule has 0 unspecified atom stereocenters. The minimum atomic E-state index is -0.483. The van der Waals surface area contributed by atoms with Gasteiger partial charge >= 0.3 is 0 Å². The summed E-state index contributed by atoms with van der Waals surface area (Å²) in [6, 6.07) is 17.4. The first-order valence-corrected chi connectivity index (χ1v) is 11.7. The molecule has 33 heavy (non-hydrogen) atoms. The molecular weight excluding hydrogens is 439 g/mol. The number of amides is 2. The van der Waals surface area contributed by atoms with Crippen LogP contribution >= 0.6 is 11.3 Å². The molecule has 2 aromatic carbocycles. The summed E-state index contributed by atoms with van der Waals surface area (Å²) in [4.78, 5) is 31.0. The average Bonchev–Trinajstić information content (AvgIpc) is 3.22. The molecule has 0 saturated heterocycles. The number of rotatable bonds is 11. The van der Waals surface area contributed by atoms with Gasteiger partial charge < -0.3 is 14.5 Å². The highest BCUT2D eigenvalue weighted by atomic mass is 32.1. The minimum Gasteiger partial charge on any atom is -0.385 e. The minimum absolute atomic E-state index is 0.0870. The van der Waals surface area contributed by atoms with Crippen LogP contribution in [0.1, 0.15) is 32.8 Å². The molecule has 0 aliphatic heterocycles. The van der Waals surface area contributed by atoms with E-state index < -0.39 is 5.82 Å². The van der Waals surface area contributed by atoms with E-state index in [2.05, 4.69) is 0 Å². The topological polar surface area (TPSA) is 49.9 Å². The number of halogens is 1. The lowest BCUT2D eigenvalue weighted by molar-refractivity contribution is -0.133. The van der Waals surface area contributed by atoms with Gasteiger partial charge in [0.2, 0.25) is 5.91 Å². The maximum atomic E-state index is 13.7. The standard InChI is InChI=1S/C26H29FN2O3S/c1-20-12-15-33-24(20)18-29(17-21-8-4-3-5-9-21)25(30)19-28(13-7-14-32-2)26(31)22-10-6-11-23(27)16-22/h3-6,8-12,15-16H,7,13-14,17-19H2,1-2H3. The van der Waals surface area contributed by atoms with E-state index >= 15 is 0 Å². The third kappa shape index (κ3) is 7.23. The first-order chi connectivity index (χ1) is 16.0. The second kappa shape index (κ2) is 12.3. The summed E-state index contributed by atoms with van der Waals surface area (Å²) in [5, 5.41) is 2.01. The fourth-order valence-corrected chi connectivity index (χ4v) is 4.42. The van der Waals surface area contributed by atoms with Gasteiger partial charge in [-0.25, -0.2) is 4.39 Å². The number of methoxy groups -OCH3 is 1. The number of carbonyl (C=O) groups excluding carboxylic acids is 2. The Hall–Kier alpha value is -3.03. The molecule has 0 fully saturated rings. The monoisotopic (exact) mass is 468 g/mol. The molecule has 0 bridgehead atoms. The molecule has 2 amide bonds. The van der Waals surface area contributed by atoms with Crippen LogP contribution in [0.3, 0.4) is 0 Å². The molecule has 0 atom stereocenters. The summed E-state index contributed by atoms with van der Waals surface area (Å²) in [6.07, 6.45) is 0.577. The Morgan fingerprint density at radius 2 is 1.79 bits per heavy atom. The van der Waals surface area contributed by atoms with E-state index in [9.17, 15) is 14.0 Å². The van der Waals surface area contributed by atoms with Crippen molar-refractivity contribution >= 4 is 23.2 Å². The number of hydrogen-bond acceptors (Lipinski definition) is 4. The maximum absolute atomic E-state index is 13.7. The number of hydrogen-bond donors (Lipinski definition) is 0. The number of benzene rings is 2. The SMILES string of the molecule is COCCCN(CC(=O)N(Cc1ccccc1)Cc1sccc1C)C(=O)c1cccc(F)c1. The fourth-order valence-electron chi connectivity index (χ4n) is 3.49. The van der Waals surface area contributed by atoms with Crippen molar-refractivity contribution in [3.05, 3.63) is 93.4 Å². The molecule has 0 spiro atoms. The summed E-state index contributed by atoms with van der Waals surface area (Å²) in [7, 11) is 1.59. The molecular formula is C26H29FN2O3S. The normalized spacial score (nSPS) is 10.8. The maximum Gasteiger partial charge on any atom is 0.254 e. The Bertz CT molecular complexity index is 1050. The van der Waals surface area contributed by atoms with Gasteiger partial charge in [0.25, 0.3) is 5.91 Å². The van der Waals surface area contributed by atoms with Crippen molar-refractivity contribution in [1.82, 2.24) is 9.80 Å². The molecule has 7 heteroatoms. The number of ether oxygens (including phenoxy) is 1. The lowest BCUT2D eigenvalue weighted by Crippen LogP contribution is -2.43. The summed E-state index contributed by atoms with van der Waals surface area (Å²) in [5.41, 5.74) is 2.38. The van der Waals surface area contributed by atoms with Gasteiger partial charge in [0, 0.05) is 37.2 Å². The van der Waals surface area contributed by atoms with E-state index in [1.807, 2.05) is 48.7 Å². The van der Waals surface area contributed by atoms with E-state index in [0.717, 1.165) is 16.0 Å². The highest BCUT2D eigenvalue weighted by Crippen LogP contribution is 2.20. The Balaban J connectivity index is 1.81. The van der Waals surface area contributed by atoms with Gasteiger partial charge in [-0.1, -0.05) is 36.4 Å². The predicted octanol–water partition coefficient (Wildman–Crippen LogP) is 4.90. The Morgan fingerprint density at radius 1 is 1.00 bits per heavy atom. The van der Waals surface area contributed by atoms with Gasteiger partial charge in [0.15, 0.2) is 0 Å². The van der Waals surface area contributed by atoms with Crippen LogP contribution in [0.25, 0.3) is 0 Å². The smallest absolute Gasteiger partial charge is 0.254 e. The van der Waals surface area contributed by atoms with Crippen LogP contribution in [-0.2, 0) is 22.6 Å². The van der Waals surface area contributed by atoms with Crippen molar-refractivity contribution in [2.45, 2.75) is 26.4 Å². The van der Waals surface area contributed by atoms with Gasteiger partial charge in [0.05, 0.1) is 6.54 Å². The molecule has 0 saturated carbocycles. The Kier molecular flexibility index (Phi) is 9.15. The van der Waals surface area contributed by atoms with Crippen molar-refractivity contribution in [2.75, 3.05) is 26.8 Å². The van der Waals surface area contributed by atoms with Crippen LogP contribution in [0.4, 0.5) is 4.39 Å². The van der Waals surface area contributed by atoms with E-state index in [1.54, 1.807) is 29.4 Å². The van der Waals surface area contributed by atoms with Crippen LogP contribution in [0.15, 0.2) is 66.0 Å². The Labute approximate surface area is 198 Å². The molecule has 0 radical (unpaired) electrons. The van der Waals surface area contributed by atoms with E-state index in [-0.39, 0.29) is 23.9 Å². The molecule has 1 aromatic heterocycles. The third-order valence-corrected chi connectivity index (χ3v) is 6.34. The highest BCUT2D eigenvalue weighted by molar-refractivity contribution is 7.10. The fraction of sp³-hybridized carbons (Fsp3) is 0.308. The van der Waals surface area contributed by atoms with Crippen LogP contribution in [0.5, 0.6) is 0 Å². The second-order valence-corrected chi connectivity index (χ2v) is 8.85. The van der Waals surface area contributed by atoms with Crippen LogP contribution in [0, 0.1) is 12.7 Å². The predicted molar refractivity (Wildman–Crippen MR) is 129 cm³/mol.